The molecule has 144 valence electrons. The van der Waals surface area contributed by atoms with Gasteiger partial charge in [-0.15, -0.1) is 0 Å². The van der Waals surface area contributed by atoms with E-state index in [4.69, 9.17) is 9.47 Å². The molecule has 0 bridgehead atoms. The summed E-state index contributed by atoms with van der Waals surface area (Å²) in [5.74, 6) is 1.60. The first-order valence-corrected chi connectivity index (χ1v) is 9.62. The maximum absolute atomic E-state index is 10.2. The topological polar surface area (TPSA) is 50.7 Å². The molecule has 4 rings (SSSR count). The van der Waals surface area contributed by atoms with Gasteiger partial charge in [0.1, 0.15) is 12.4 Å². The summed E-state index contributed by atoms with van der Waals surface area (Å²) in [6, 6.07) is 22.4. The molecule has 0 fully saturated rings. The lowest BCUT2D eigenvalue weighted by molar-refractivity contribution is 0.306. The van der Waals surface area contributed by atoms with E-state index < -0.39 is 0 Å². The van der Waals surface area contributed by atoms with Gasteiger partial charge in [0.25, 0.3) is 0 Å². The van der Waals surface area contributed by atoms with Gasteiger partial charge >= 0.3 is 0 Å². The van der Waals surface area contributed by atoms with Gasteiger partial charge in [-0.1, -0.05) is 42.5 Å². The average molecular weight is 375 g/mol. The van der Waals surface area contributed by atoms with Gasteiger partial charge in [-0.25, -0.2) is 0 Å². The molecule has 1 unspecified atom stereocenters. The number of methoxy groups -OCH3 is 1. The number of hydrogen-bond acceptors (Lipinski definition) is 4. The molecule has 1 heterocycles. The zero-order valence-electron chi connectivity index (χ0n) is 16.0. The molecule has 0 saturated heterocycles. The summed E-state index contributed by atoms with van der Waals surface area (Å²) in [5, 5.41) is 13.7. The van der Waals surface area contributed by atoms with E-state index in [1.165, 1.54) is 11.1 Å². The van der Waals surface area contributed by atoms with Gasteiger partial charge < -0.3 is 19.9 Å². The summed E-state index contributed by atoms with van der Waals surface area (Å²) in [6.07, 6.45) is 1.80. The minimum Gasteiger partial charge on any atom is -0.504 e. The molecule has 3 aromatic carbocycles. The maximum Gasteiger partial charge on any atom is 0.160 e. The van der Waals surface area contributed by atoms with Crippen LogP contribution in [0.5, 0.6) is 17.2 Å². The van der Waals surface area contributed by atoms with E-state index in [0.717, 1.165) is 36.3 Å². The van der Waals surface area contributed by atoms with E-state index in [2.05, 4.69) is 29.6 Å². The Balaban J connectivity index is 1.43. The lowest BCUT2D eigenvalue weighted by atomic mass is 9.90. The molecular weight excluding hydrogens is 350 g/mol. The zero-order valence-corrected chi connectivity index (χ0v) is 16.0. The van der Waals surface area contributed by atoms with E-state index in [-0.39, 0.29) is 11.8 Å². The van der Waals surface area contributed by atoms with Crippen LogP contribution in [-0.2, 0) is 19.4 Å². The van der Waals surface area contributed by atoms with Crippen molar-refractivity contribution in [3.05, 3.63) is 89.0 Å². The van der Waals surface area contributed by atoms with Crippen LogP contribution in [0.15, 0.2) is 66.7 Å². The van der Waals surface area contributed by atoms with Crippen molar-refractivity contribution in [2.75, 3.05) is 13.7 Å². The number of ether oxygens (including phenoxy) is 2. The molecule has 1 aliphatic heterocycles. The first-order chi connectivity index (χ1) is 13.7. The molecule has 2 N–H and O–H groups in total. The SMILES string of the molecule is COc1cc2c(cc1O)C(Cc1ccc(OCc3ccccc3)cc1)NCC2. The van der Waals surface area contributed by atoms with E-state index in [1.807, 2.05) is 42.5 Å². The van der Waals surface area contributed by atoms with Crippen molar-refractivity contribution >= 4 is 0 Å². The number of phenols is 1. The summed E-state index contributed by atoms with van der Waals surface area (Å²) in [7, 11) is 1.58. The Kier molecular flexibility index (Phi) is 5.49. The van der Waals surface area contributed by atoms with Gasteiger partial charge in [0, 0.05) is 6.04 Å². The first kappa shape index (κ1) is 18.4. The zero-order chi connectivity index (χ0) is 19.3. The highest BCUT2D eigenvalue weighted by atomic mass is 16.5. The van der Waals surface area contributed by atoms with Gasteiger partial charge in [-0.05, 0) is 65.9 Å². The van der Waals surface area contributed by atoms with Crippen LogP contribution in [0.25, 0.3) is 0 Å². The Morgan fingerprint density at radius 3 is 2.54 bits per heavy atom. The monoisotopic (exact) mass is 375 g/mol. The molecular formula is C24H25NO3. The van der Waals surface area contributed by atoms with Crippen molar-refractivity contribution < 1.29 is 14.6 Å². The van der Waals surface area contributed by atoms with Crippen molar-refractivity contribution in [1.29, 1.82) is 0 Å². The molecule has 4 heteroatoms. The third-order valence-electron chi connectivity index (χ3n) is 5.21. The normalized spacial score (nSPS) is 15.7. The number of nitrogens with one attached hydrogen (secondary N) is 1. The van der Waals surface area contributed by atoms with Gasteiger partial charge in [0.05, 0.1) is 7.11 Å². The number of phenolic OH excluding ortho intramolecular Hbond substituents is 1. The summed E-state index contributed by atoms with van der Waals surface area (Å²) in [4.78, 5) is 0. The minimum absolute atomic E-state index is 0.177. The molecule has 1 atom stereocenters. The lowest BCUT2D eigenvalue weighted by Gasteiger charge is -2.28. The van der Waals surface area contributed by atoms with Crippen molar-refractivity contribution in [2.45, 2.75) is 25.5 Å². The second-order valence-corrected chi connectivity index (χ2v) is 7.10. The van der Waals surface area contributed by atoms with E-state index in [9.17, 15) is 5.11 Å². The van der Waals surface area contributed by atoms with Crippen molar-refractivity contribution in [2.24, 2.45) is 0 Å². The fourth-order valence-corrected chi connectivity index (χ4v) is 3.70. The molecule has 28 heavy (non-hydrogen) atoms. The van der Waals surface area contributed by atoms with E-state index in [0.29, 0.717) is 12.4 Å². The second-order valence-electron chi connectivity index (χ2n) is 7.10. The molecule has 3 aromatic rings. The number of aromatic hydroxyl groups is 1. The highest BCUT2D eigenvalue weighted by Crippen LogP contribution is 2.35. The summed E-state index contributed by atoms with van der Waals surface area (Å²) in [5.41, 5.74) is 4.77. The fraction of sp³-hybridized carbons (Fsp3) is 0.250. The summed E-state index contributed by atoms with van der Waals surface area (Å²) in [6.45, 7) is 1.49. The van der Waals surface area contributed by atoms with E-state index >= 15 is 0 Å². The van der Waals surface area contributed by atoms with Gasteiger partial charge in [0.2, 0.25) is 0 Å². The summed E-state index contributed by atoms with van der Waals surface area (Å²) >= 11 is 0. The van der Waals surface area contributed by atoms with Gasteiger partial charge in [-0.2, -0.15) is 0 Å². The fourth-order valence-electron chi connectivity index (χ4n) is 3.70. The predicted octanol–water partition coefficient (Wildman–Crippen LogP) is 4.41. The highest BCUT2D eigenvalue weighted by Gasteiger charge is 2.22. The molecule has 0 aliphatic carbocycles. The lowest BCUT2D eigenvalue weighted by Crippen LogP contribution is -2.31. The van der Waals surface area contributed by atoms with Crippen LogP contribution in [-0.4, -0.2) is 18.8 Å². The number of fused-ring (bicyclic) bond motifs is 1. The predicted molar refractivity (Wildman–Crippen MR) is 110 cm³/mol. The number of benzene rings is 3. The third-order valence-corrected chi connectivity index (χ3v) is 5.21. The summed E-state index contributed by atoms with van der Waals surface area (Å²) < 4.78 is 11.1. The molecule has 1 aliphatic rings. The minimum atomic E-state index is 0.177. The largest absolute Gasteiger partial charge is 0.504 e. The molecule has 4 nitrogen and oxygen atoms in total. The smallest absolute Gasteiger partial charge is 0.160 e. The van der Waals surface area contributed by atoms with Crippen molar-refractivity contribution in [3.63, 3.8) is 0 Å². The van der Waals surface area contributed by atoms with Crippen LogP contribution in [0.2, 0.25) is 0 Å². The average Bonchev–Trinajstić information content (AvgIpc) is 2.74. The van der Waals surface area contributed by atoms with Crippen LogP contribution in [0.1, 0.15) is 28.3 Å². The van der Waals surface area contributed by atoms with Crippen molar-refractivity contribution in [3.8, 4) is 17.2 Å². The Morgan fingerprint density at radius 2 is 1.79 bits per heavy atom. The third kappa shape index (κ3) is 4.12. The quantitative estimate of drug-likeness (QED) is 0.670. The molecule has 0 aromatic heterocycles. The standard InChI is InChI=1S/C24H25NO3/c1-27-24-14-19-11-12-25-22(21(19)15-23(24)26)13-17-7-9-20(10-8-17)28-16-18-5-3-2-4-6-18/h2-10,14-15,22,25-26H,11-13,16H2,1H3. The Labute approximate surface area is 165 Å². The van der Waals surface area contributed by atoms with Gasteiger partial charge in [0.15, 0.2) is 11.5 Å². The van der Waals surface area contributed by atoms with Gasteiger partial charge in [-0.3, -0.25) is 0 Å². The van der Waals surface area contributed by atoms with Crippen LogP contribution in [0, 0.1) is 0 Å². The maximum atomic E-state index is 10.2. The molecule has 0 spiro atoms. The Bertz CT molecular complexity index is 923. The molecule has 0 radical (unpaired) electrons. The Morgan fingerprint density at radius 1 is 1.00 bits per heavy atom. The highest BCUT2D eigenvalue weighted by molar-refractivity contribution is 5.49. The molecule has 0 amide bonds. The van der Waals surface area contributed by atoms with Crippen LogP contribution in [0.3, 0.4) is 0 Å². The van der Waals surface area contributed by atoms with E-state index in [1.54, 1.807) is 7.11 Å². The van der Waals surface area contributed by atoms with Crippen molar-refractivity contribution in [1.82, 2.24) is 5.32 Å². The van der Waals surface area contributed by atoms with Crippen LogP contribution < -0.4 is 14.8 Å². The van der Waals surface area contributed by atoms with Crippen LogP contribution >= 0.6 is 0 Å². The number of rotatable bonds is 6. The first-order valence-electron chi connectivity index (χ1n) is 9.62. The number of hydrogen-bond donors (Lipinski definition) is 2. The second kappa shape index (κ2) is 8.36. The van der Waals surface area contributed by atoms with Crippen LogP contribution in [0.4, 0.5) is 0 Å². The Hall–Kier alpha value is -2.98. The molecule has 0 saturated carbocycles.